The van der Waals surface area contributed by atoms with Gasteiger partial charge in [0.05, 0.1) is 15.6 Å². The molecule has 0 amide bonds. The van der Waals surface area contributed by atoms with E-state index in [9.17, 15) is 5.11 Å². The van der Waals surface area contributed by atoms with Crippen LogP contribution in [0.2, 0.25) is 0 Å². The molecule has 6 aromatic carbocycles. The number of rotatable bonds is 3. The van der Waals surface area contributed by atoms with Gasteiger partial charge in [-0.15, -0.1) is 11.3 Å². The van der Waals surface area contributed by atoms with Crippen LogP contribution in [0.3, 0.4) is 0 Å². The number of nitrogens with zero attached hydrogens (tertiary/aromatic N) is 1. The van der Waals surface area contributed by atoms with E-state index in [0.717, 1.165) is 32.6 Å². The Kier molecular flexibility index (Phi) is 7.61. The number of nitrogens with one attached hydrogen (secondary N) is 1. The van der Waals surface area contributed by atoms with Crippen LogP contribution in [0, 0.1) is 0 Å². The largest absolute Gasteiger partial charge is 1.00 e. The van der Waals surface area contributed by atoms with Crippen LogP contribution < -0.4 is 61.5 Å². The summed E-state index contributed by atoms with van der Waals surface area (Å²) in [5, 5.41) is 14.6. The molecule has 8 aromatic rings. The van der Waals surface area contributed by atoms with E-state index in [1.165, 1.54) is 60.3 Å². The average Bonchev–Trinajstić information content (AvgIpc) is 3.75. The molecule has 0 saturated carbocycles. The summed E-state index contributed by atoms with van der Waals surface area (Å²) in [5.74, 6) is 0.0141. The van der Waals surface area contributed by atoms with E-state index in [1.54, 1.807) is 17.4 Å². The molecule has 0 unspecified atom stereocenters. The van der Waals surface area contributed by atoms with Gasteiger partial charge in [-0.25, -0.2) is 9.97 Å². The first-order valence-corrected chi connectivity index (χ1v) is 18.1. The molecule has 10 rings (SSSR count). The fraction of sp³-hybridized carbons (Fsp3) is 0.130. The molecule has 2 aliphatic carbocycles. The number of hydrogen-bond donors (Lipinski definition) is 0. The Morgan fingerprint density at radius 1 is 0.569 bits per heavy atom. The Morgan fingerprint density at radius 2 is 1.14 bits per heavy atom. The first-order chi connectivity index (χ1) is 24.2. The van der Waals surface area contributed by atoms with Gasteiger partial charge in [-0.1, -0.05) is 113 Å². The number of fused-ring (bicyclic) bond motifs is 9. The Bertz CT molecular complexity index is 2690. The minimum atomic E-state index is -0.203. The van der Waals surface area contributed by atoms with Crippen molar-refractivity contribution in [3.8, 4) is 60.8 Å². The molecule has 0 bridgehead atoms. The monoisotopic (exact) mass is 701 g/mol. The van der Waals surface area contributed by atoms with Crippen LogP contribution in [0.25, 0.3) is 76.2 Å². The molecule has 3 nitrogen and oxygen atoms in total. The number of thiazole rings is 1. The molecule has 2 heterocycles. The van der Waals surface area contributed by atoms with E-state index in [0.29, 0.717) is 5.52 Å². The van der Waals surface area contributed by atoms with Crippen LogP contribution in [0.1, 0.15) is 49.9 Å². The predicted octanol–water partition coefficient (Wildman–Crippen LogP) is 7.95. The molecular weight excluding hydrogens is 668 g/mol. The van der Waals surface area contributed by atoms with E-state index in [2.05, 4.69) is 124 Å². The summed E-state index contributed by atoms with van der Waals surface area (Å²) in [4.78, 5) is 8.04. The first-order valence-electron chi connectivity index (χ1n) is 17.2. The standard InChI is InChI=1S/C46H34N2OS.K/c1-45(2)36-24-28(26-11-13-27(14-12-26)44-48-38-9-5-6-10-40(38)50-44)15-17-31(36)33-19-20-34-32-18-16-29(25-37(32)46(3,4)42(34)41(33)45)30-21-22-39(49)43-35(30)8-7-23-47-43;/h5-25,49H,1-4H3;/q;+1. The van der Waals surface area contributed by atoms with Crippen molar-refractivity contribution < 1.29 is 61.5 Å². The van der Waals surface area contributed by atoms with Crippen molar-refractivity contribution in [3.05, 3.63) is 150 Å². The predicted molar refractivity (Wildman–Crippen MR) is 205 cm³/mol. The Morgan fingerprint density at radius 3 is 1.82 bits per heavy atom. The number of para-hydroxylation sites is 1. The molecule has 2 aliphatic rings. The topological polar surface area (TPSA) is 50.1 Å². The van der Waals surface area contributed by atoms with Crippen LogP contribution in [0.15, 0.2) is 128 Å². The van der Waals surface area contributed by atoms with Gasteiger partial charge in [-0.3, -0.25) is 0 Å². The molecule has 0 saturated heterocycles. The fourth-order valence-electron chi connectivity index (χ4n) is 8.81. The molecule has 51 heavy (non-hydrogen) atoms. The van der Waals surface area contributed by atoms with E-state index >= 15 is 0 Å². The third-order valence-corrected chi connectivity index (χ3v) is 12.4. The Balaban J connectivity index is 0.00000348. The second-order valence-electron chi connectivity index (χ2n) is 14.8. The number of pyridine rings is 1. The summed E-state index contributed by atoms with van der Waals surface area (Å²) in [7, 11) is 0. The molecule has 0 radical (unpaired) electrons. The van der Waals surface area contributed by atoms with Gasteiger partial charge >= 0.3 is 51.4 Å². The number of aromatic amines is 1. The second-order valence-corrected chi connectivity index (χ2v) is 15.8. The smallest absolute Gasteiger partial charge is 0.868 e. The van der Waals surface area contributed by atoms with Crippen molar-refractivity contribution in [2.45, 2.75) is 38.5 Å². The second kappa shape index (κ2) is 11.8. The maximum atomic E-state index is 12.6. The fourth-order valence-corrected chi connectivity index (χ4v) is 9.78. The maximum absolute atomic E-state index is 12.6. The molecule has 0 spiro atoms. The van der Waals surface area contributed by atoms with Crippen molar-refractivity contribution in [1.29, 1.82) is 0 Å². The quantitative estimate of drug-likeness (QED) is 0.176. The van der Waals surface area contributed by atoms with Crippen LogP contribution >= 0.6 is 11.3 Å². The average molecular weight is 702 g/mol. The zero-order chi connectivity index (χ0) is 33.9. The van der Waals surface area contributed by atoms with Gasteiger partial charge in [-0.2, -0.15) is 0 Å². The maximum Gasteiger partial charge on any atom is 1.00 e. The van der Waals surface area contributed by atoms with Crippen molar-refractivity contribution in [2.75, 3.05) is 0 Å². The molecule has 5 heteroatoms. The van der Waals surface area contributed by atoms with Gasteiger partial charge in [0.2, 0.25) is 5.52 Å². The van der Waals surface area contributed by atoms with Crippen LogP contribution in [-0.4, -0.2) is 4.98 Å². The Hall–Kier alpha value is -3.94. The summed E-state index contributed by atoms with van der Waals surface area (Å²) >= 11 is 1.74. The molecule has 240 valence electrons. The number of aromatic nitrogens is 2. The molecule has 0 fully saturated rings. The van der Waals surface area contributed by atoms with Crippen molar-refractivity contribution in [3.63, 3.8) is 0 Å². The zero-order valence-electron chi connectivity index (χ0n) is 29.4. The van der Waals surface area contributed by atoms with Crippen LogP contribution in [0.5, 0.6) is 5.75 Å². The number of H-pyrrole nitrogens is 1. The molecule has 2 aromatic heterocycles. The van der Waals surface area contributed by atoms with Crippen molar-refractivity contribution in [1.82, 2.24) is 4.98 Å². The van der Waals surface area contributed by atoms with Crippen molar-refractivity contribution in [2.24, 2.45) is 0 Å². The van der Waals surface area contributed by atoms with E-state index in [4.69, 9.17) is 4.98 Å². The van der Waals surface area contributed by atoms with Gasteiger partial charge in [0, 0.05) is 22.5 Å². The zero-order valence-corrected chi connectivity index (χ0v) is 33.3. The Labute approximate surface area is 344 Å². The molecular formula is C46H34KN2OS+. The molecule has 0 atom stereocenters. The summed E-state index contributed by atoms with van der Waals surface area (Å²) in [6, 6.07) is 43.5. The minimum absolute atomic E-state index is 0. The SMILES string of the molecule is CC1(C)c2cc(-c3ccc(-c4nc5ccccc5s4)cc3)ccc2-c2ccc3c(c21)C(C)(C)c1cc(-c2ccc([O-])c4[nH+]cccc24)ccc1-3.[K+]. The van der Waals surface area contributed by atoms with Crippen LogP contribution in [-0.2, 0) is 10.8 Å². The minimum Gasteiger partial charge on any atom is -0.868 e. The van der Waals surface area contributed by atoms with Crippen LogP contribution in [0.4, 0.5) is 0 Å². The third-order valence-electron chi connectivity index (χ3n) is 11.3. The number of hydrogen-bond acceptors (Lipinski definition) is 3. The summed E-state index contributed by atoms with van der Waals surface area (Å²) in [6.07, 6.45) is 1.82. The van der Waals surface area contributed by atoms with E-state index in [1.807, 2.05) is 30.5 Å². The molecule has 1 N–H and O–H groups in total. The van der Waals surface area contributed by atoms with E-state index < -0.39 is 0 Å². The third kappa shape index (κ3) is 4.83. The van der Waals surface area contributed by atoms with Gasteiger partial charge < -0.3 is 5.11 Å². The molecule has 0 aliphatic heterocycles. The van der Waals surface area contributed by atoms with Gasteiger partial charge in [0.15, 0.2) is 6.20 Å². The summed E-state index contributed by atoms with van der Waals surface area (Å²) < 4.78 is 1.22. The first kappa shape index (κ1) is 32.9. The van der Waals surface area contributed by atoms with Gasteiger partial charge in [0.25, 0.3) is 0 Å². The van der Waals surface area contributed by atoms with E-state index in [-0.39, 0.29) is 68.0 Å². The summed E-state index contributed by atoms with van der Waals surface area (Å²) in [6.45, 7) is 9.56. The van der Waals surface area contributed by atoms with Gasteiger partial charge in [-0.05, 0) is 103 Å². The summed E-state index contributed by atoms with van der Waals surface area (Å²) in [5.41, 5.74) is 18.0. The van der Waals surface area contributed by atoms with Crippen molar-refractivity contribution >= 4 is 32.5 Å². The normalized spacial score (nSPS) is 14.5. The number of benzene rings is 6. The van der Waals surface area contributed by atoms with Gasteiger partial charge in [0.1, 0.15) is 5.01 Å².